The highest BCUT2D eigenvalue weighted by molar-refractivity contribution is 7.86. The number of nitrogens with two attached hydrogens (primary N) is 1. The van der Waals surface area contributed by atoms with E-state index in [2.05, 4.69) is 10.2 Å². The first-order valence-corrected chi connectivity index (χ1v) is 11.5. The van der Waals surface area contributed by atoms with Crippen LogP contribution >= 0.6 is 0 Å². The normalized spacial score (nSPS) is 12.3. The quantitative estimate of drug-likeness (QED) is 0.220. The molecule has 0 radical (unpaired) electrons. The summed E-state index contributed by atoms with van der Waals surface area (Å²) in [4.78, 5) is -0.472. The molecule has 164 valence electrons. The lowest BCUT2D eigenvalue weighted by molar-refractivity contribution is 0.318. The molecule has 0 bridgehead atoms. The molecule has 0 atom stereocenters. The molecule has 30 heavy (non-hydrogen) atoms. The van der Waals surface area contributed by atoms with Gasteiger partial charge in [-0.05, 0) is 37.1 Å². The summed E-state index contributed by atoms with van der Waals surface area (Å²) in [5.41, 5.74) is 6.99. The number of azo groups is 1. The summed E-state index contributed by atoms with van der Waals surface area (Å²) in [5.74, 6) is -0.0262. The van der Waals surface area contributed by atoms with Gasteiger partial charge in [0.25, 0.3) is 20.2 Å². The summed E-state index contributed by atoms with van der Waals surface area (Å²) in [6, 6.07) is 6.92. The molecular weight excluding hydrogens is 438 g/mol. The third kappa shape index (κ3) is 6.66. The highest BCUT2D eigenvalue weighted by atomic mass is 32.2. The Morgan fingerprint density at radius 3 is 2.30 bits per heavy atom. The topological polar surface area (TPSA) is 178 Å². The Morgan fingerprint density at radius 1 is 1.03 bits per heavy atom. The smallest absolute Gasteiger partial charge is 0.296 e. The maximum absolute atomic E-state index is 11.6. The van der Waals surface area contributed by atoms with E-state index in [0.29, 0.717) is 11.3 Å². The van der Waals surface area contributed by atoms with E-state index in [0.717, 1.165) is 6.07 Å². The predicted molar refractivity (Wildman–Crippen MR) is 109 cm³/mol. The fourth-order valence-electron chi connectivity index (χ4n) is 2.37. The van der Waals surface area contributed by atoms with Gasteiger partial charge >= 0.3 is 0 Å². The van der Waals surface area contributed by atoms with Crippen LogP contribution in [0.25, 0.3) is 0 Å². The highest BCUT2D eigenvalue weighted by Crippen LogP contribution is 2.34. The second-order valence-electron chi connectivity index (χ2n) is 6.17. The van der Waals surface area contributed by atoms with Crippen molar-refractivity contribution in [1.29, 1.82) is 0 Å². The second kappa shape index (κ2) is 9.38. The molecule has 0 aliphatic rings. The average molecular weight is 460 g/mol. The molecule has 0 spiro atoms. The van der Waals surface area contributed by atoms with Gasteiger partial charge in [-0.2, -0.15) is 21.9 Å². The molecule has 0 unspecified atom stereocenters. The SMILES string of the molecule is COc1ccc(N=Nc2cc(OCCCS(=O)(=O)O)c(N)cc2C)c(S(=O)(=O)O)c1. The maximum Gasteiger partial charge on any atom is 0.296 e. The van der Waals surface area contributed by atoms with Gasteiger partial charge in [0.05, 0.1) is 30.8 Å². The van der Waals surface area contributed by atoms with Crippen LogP contribution in [-0.2, 0) is 20.2 Å². The number of rotatable bonds is 9. The van der Waals surface area contributed by atoms with Crippen LogP contribution in [0.1, 0.15) is 12.0 Å². The van der Waals surface area contributed by atoms with Crippen molar-refractivity contribution in [2.24, 2.45) is 10.2 Å². The van der Waals surface area contributed by atoms with Crippen molar-refractivity contribution in [2.75, 3.05) is 25.2 Å². The molecule has 11 nitrogen and oxygen atoms in total. The third-order valence-electron chi connectivity index (χ3n) is 3.84. The molecule has 2 aromatic carbocycles. The molecule has 13 heteroatoms. The molecule has 0 aromatic heterocycles. The number of ether oxygens (including phenoxy) is 2. The number of aryl methyl sites for hydroxylation is 1. The number of hydrogen-bond donors (Lipinski definition) is 3. The second-order valence-corrected chi connectivity index (χ2v) is 9.14. The van der Waals surface area contributed by atoms with Gasteiger partial charge in [0.2, 0.25) is 0 Å². The van der Waals surface area contributed by atoms with Gasteiger partial charge in [0, 0.05) is 12.1 Å². The lowest BCUT2D eigenvalue weighted by atomic mass is 10.1. The van der Waals surface area contributed by atoms with Gasteiger partial charge in [-0.3, -0.25) is 9.11 Å². The number of anilines is 1. The van der Waals surface area contributed by atoms with Crippen molar-refractivity contribution >= 4 is 37.3 Å². The van der Waals surface area contributed by atoms with Gasteiger partial charge < -0.3 is 15.2 Å². The zero-order valence-electron chi connectivity index (χ0n) is 16.1. The first-order valence-electron chi connectivity index (χ1n) is 8.46. The Kier molecular flexibility index (Phi) is 7.36. The van der Waals surface area contributed by atoms with E-state index >= 15 is 0 Å². The first-order chi connectivity index (χ1) is 13.9. The number of benzene rings is 2. The van der Waals surface area contributed by atoms with E-state index in [1.807, 2.05) is 0 Å². The Balaban J connectivity index is 2.29. The van der Waals surface area contributed by atoms with Crippen LogP contribution in [0.4, 0.5) is 17.1 Å². The van der Waals surface area contributed by atoms with Crippen molar-refractivity contribution < 1.29 is 35.4 Å². The largest absolute Gasteiger partial charge is 0.497 e. The van der Waals surface area contributed by atoms with Gasteiger partial charge in [-0.25, -0.2) is 0 Å². The molecule has 0 heterocycles. The lowest BCUT2D eigenvalue weighted by Gasteiger charge is -2.11. The van der Waals surface area contributed by atoms with Gasteiger partial charge in [-0.15, -0.1) is 5.11 Å². The van der Waals surface area contributed by atoms with Crippen LogP contribution in [0, 0.1) is 6.92 Å². The maximum atomic E-state index is 11.6. The molecule has 2 aromatic rings. The van der Waals surface area contributed by atoms with E-state index < -0.39 is 30.9 Å². The van der Waals surface area contributed by atoms with E-state index in [4.69, 9.17) is 19.8 Å². The van der Waals surface area contributed by atoms with Crippen molar-refractivity contribution in [2.45, 2.75) is 18.2 Å². The standard InChI is InChI=1S/C17H21N3O8S2/c1-11-8-13(18)16(28-6-3-7-29(21,22)23)10-15(11)20-19-14-5-4-12(27-2)9-17(14)30(24,25)26/h4-5,8-10H,3,6-7,18H2,1-2H3,(H,21,22,23)(H,24,25,26). The Morgan fingerprint density at radius 2 is 1.70 bits per heavy atom. The number of methoxy groups -OCH3 is 1. The predicted octanol–water partition coefficient (Wildman–Crippen LogP) is 2.90. The molecular formula is C17H21N3O8S2. The minimum absolute atomic E-state index is 0.0188. The molecule has 4 N–H and O–H groups in total. The molecule has 0 aliphatic heterocycles. The van der Waals surface area contributed by atoms with E-state index in [-0.39, 0.29) is 35.9 Å². The Labute approximate surface area is 174 Å². The third-order valence-corrected chi connectivity index (χ3v) is 5.53. The summed E-state index contributed by atoms with van der Waals surface area (Å²) < 4.78 is 73.3. The lowest BCUT2D eigenvalue weighted by Crippen LogP contribution is -2.09. The van der Waals surface area contributed by atoms with Crippen molar-refractivity contribution in [3.05, 3.63) is 35.9 Å². The Hall–Kier alpha value is -2.74. The fourth-order valence-corrected chi connectivity index (χ4v) is 3.50. The summed E-state index contributed by atoms with van der Waals surface area (Å²) >= 11 is 0. The Bertz CT molecular complexity index is 1160. The summed E-state index contributed by atoms with van der Waals surface area (Å²) in [7, 11) is -7.31. The zero-order chi connectivity index (χ0) is 22.5. The van der Waals surface area contributed by atoms with Crippen molar-refractivity contribution in [3.63, 3.8) is 0 Å². The van der Waals surface area contributed by atoms with Crippen LogP contribution in [0.5, 0.6) is 11.5 Å². The van der Waals surface area contributed by atoms with E-state index in [1.54, 1.807) is 13.0 Å². The fraction of sp³-hybridized carbons (Fsp3) is 0.294. The minimum atomic E-state index is -4.57. The molecule has 0 fully saturated rings. The number of nitrogens with zero attached hydrogens (tertiary/aromatic N) is 2. The van der Waals surface area contributed by atoms with Crippen molar-refractivity contribution in [3.8, 4) is 11.5 Å². The summed E-state index contributed by atoms with van der Waals surface area (Å²) in [5, 5.41) is 7.91. The van der Waals surface area contributed by atoms with Crippen LogP contribution in [0.15, 0.2) is 45.5 Å². The monoisotopic (exact) mass is 459 g/mol. The van der Waals surface area contributed by atoms with E-state index in [9.17, 15) is 21.4 Å². The highest BCUT2D eigenvalue weighted by Gasteiger charge is 2.17. The molecule has 0 amide bonds. The van der Waals surface area contributed by atoms with Crippen molar-refractivity contribution in [1.82, 2.24) is 0 Å². The average Bonchev–Trinajstić information content (AvgIpc) is 2.64. The molecule has 2 rings (SSSR count). The summed E-state index contributed by atoms with van der Waals surface area (Å²) in [6.07, 6.45) is 0.0482. The van der Waals surface area contributed by atoms with Gasteiger partial charge in [0.15, 0.2) is 0 Å². The van der Waals surface area contributed by atoms with Crippen LogP contribution in [0.2, 0.25) is 0 Å². The molecule has 0 saturated carbocycles. The van der Waals surface area contributed by atoms with Crippen LogP contribution < -0.4 is 15.2 Å². The first kappa shape index (κ1) is 23.5. The number of hydrogen-bond acceptors (Lipinski definition) is 9. The molecule has 0 aliphatic carbocycles. The minimum Gasteiger partial charge on any atom is -0.497 e. The zero-order valence-corrected chi connectivity index (χ0v) is 17.8. The van der Waals surface area contributed by atoms with Crippen LogP contribution in [0.3, 0.4) is 0 Å². The summed E-state index contributed by atoms with van der Waals surface area (Å²) in [6.45, 7) is 1.68. The molecule has 0 saturated heterocycles. The van der Waals surface area contributed by atoms with Gasteiger partial charge in [-0.1, -0.05) is 0 Å². The van der Waals surface area contributed by atoms with E-state index in [1.165, 1.54) is 25.3 Å². The number of nitrogen functional groups attached to an aromatic ring is 1. The van der Waals surface area contributed by atoms with Gasteiger partial charge in [0.1, 0.15) is 22.1 Å². The van der Waals surface area contributed by atoms with Crippen LogP contribution in [-0.4, -0.2) is 45.4 Å².